The molecule has 1 heterocycles. The molecule has 0 unspecified atom stereocenters. The van der Waals surface area contributed by atoms with E-state index in [9.17, 15) is 9.59 Å². The molecule has 2 aromatic rings. The number of para-hydroxylation sites is 1. The number of rotatable bonds is 7. The SMILES string of the molecule is CCOC(=O)c1c(C)[nH]c(CN(C(=O)c2ccccc2OC)C2CCCCC2)c1C. The molecule has 162 valence electrons. The van der Waals surface area contributed by atoms with Crippen molar-refractivity contribution in [2.45, 2.75) is 65.5 Å². The number of nitrogens with one attached hydrogen (secondary N) is 1. The first-order chi connectivity index (χ1) is 14.5. The Labute approximate surface area is 178 Å². The molecule has 6 heteroatoms. The third-order valence-corrected chi connectivity index (χ3v) is 5.96. The van der Waals surface area contributed by atoms with E-state index in [1.54, 1.807) is 14.0 Å². The topological polar surface area (TPSA) is 71.6 Å². The molecule has 1 aromatic heterocycles. The van der Waals surface area contributed by atoms with Crippen molar-refractivity contribution >= 4 is 11.9 Å². The monoisotopic (exact) mass is 412 g/mol. The Morgan fingerprint density at radius 1 is 1.13 bits per heavy atom. The number of aromatic nitrogens is 1. The highest BCUT2D eigenvalue weighted by atomic mass is 16.5. The van der Waals surface area contributed by atoms with Crippen LogP contribution in [-0.2, 0) is 11.3 Å². The van der Waals surface area contributed by atoms with Gasteiger partial charge in [0.05, 0.1) is 31.4 Å². The number of methoxy groups -OCH3 is 1. The number of benzene rings is 1. The van der Waals surface area contributed by atoms with Crippen LogP contribution < -0.4 is 4.74 Å². The summed E-state index contributed by atoms with van der Waals surface area (Å²) in [5.41, 5.74) is 3.63. The Balaban J connectivity index is 1.95. The molecule has 1 amide bonds. The smallest absolute Gasteiger partial charge is 0.340 e. The Hall–Kier alpha value is -2.76. The second kappa shape index (κ2) is 9.83. The maximum atomic E-state index is 13.6. The highest BCUT2D eigenvalue weighted by Crippen LogP contribution is 2.29. The lowest BCUT2D eigenvalue weighted by Crippen LogP contribution is -2.41. The van der Waals surface area contributed by atoms with E-state index in [-0.39, 0.29) is 17.9 Å². The van der Waals surface area contributed by atoms with Crippen LogP contribution in [0, 0.1) is 13.8 Å². The number of aromatic amines is 1. The first-order valence-corrected chi connectivity index (χ1v) is 10.8. The minimum atomic E-state index is -0.324. The fourth-order valence-electron chi connectivity index (χ4n) is 4.39. The Morgan fingerprint density at radius 3 is 2.50 bits per heavy atom. The number of carbonyl (C=O) groups excluding carboxylic acids is 2. The molecule has 1 fully saturated rings. The summed E-state index contributed by atoms with van der Waals surface area (Å²) >= 11 is 0. The van der Waals surface area contributed by atoms with Crippen molar-refractivity contribution in [1.82, 2.24) is 9.88 Å². The fourth-order valence-corrected chi connectivity index (χ4v) is 4.39. The predicted octanol–water partition coefficient (Wildman–Crippen LogP) is 4.79. The lowest BCUT2D eigenvalue weighted by Gasteiger charge is -2.34. The summed E-state index contributed by atoms with van der Waals surface area (Å²) in [6.45, 7) is 6.34. The van der Waals surface area contributed by atoms with E-state index in [0.717, 1.165) is 42.6 Å². The van der Waals surface area contributed by atoms with E-state index in [1.165, 1.54) is 6.42 Å². The second-order valence-electron chi connectivity index (χ2n) is 7.87. The van der Waals surface area contributed by atoms with Crippen molar-refractivity contribution < 1.29 is 19.1 Å². The summed E-state index contributed by atoms with van der Waals surface area (Å²) in [5, 5.41) is 0. The van der Waals surface area contributed by atoms with Gasteiger partial charge in [-0.1, -0.05) is 31.4 Å². The Kier molecular flexibility index (Phi) is 7.19. The van der Waals surface area contributed by atoms with Crippen LogP contribution in [0.15, 0.2) is 24.3 Å². The number of ether oxygens (including phenoxy) is 2. The van der Waals surface area contributed by atoms with Crippen molar-refractivity contribution in [3.63, 3.8) is 0 Å². The molecular formula is C24H32N2O4. The Morgan fingerprint density at radius 2 is 1.83 bits per heavy atom. The van der Waals surface area contributed by atoms with Crippen molar-refractivity contribution in [3.8, 4) is 5.75 Å². The van der Waals surface area contributed by atoms with Crippen molar-refractivity contribution in [2.75, 3.05) is 13.7 Å². The van der Waals surface area contributed by atoms with Crippen LogP contribution in [0.1, 0.15) is 76.7 Å². The van der Waals surface area contributed by atoms with E-state index in [1.807, 2.05) is 43.0 Å². The molecule has 3 rings (SSSR count). The first kappa shape index (κ1) is 21.9. The summed E-state index contributed by atoms with van der Waals surface area (Å²) in [7, 11) is 1.58. The van der Waals surface area contributed by atoms with Gasteiger partial charge < -0.3 is 19.4 Å². The first-order valence-electron chi connectivity index (χ1n) is 10.8. The van der Waals surface area contributed by atoms with Crippen molar-refractivity contribution in [2.24, 2.45) is 0 Å². The molecule has 0 bridgehead atoms. The number of hydrogen-bond donors (Lipinski definition) is 1. The third kappa shape index (κ3) is 4.53. The van der Waals surface area contributed by atoms with Gasteiger partial charge in [0.1, 0.15) is 5.75 Å². The van der Waals surface area contributed by atoms with E-state index < -0.39 is 0 Å². The van der Waals surface area contributed by atoms with Gasteiger partial charge in [-0.15, -0.1) is 0 Å². The number of esters is 1. The fraction of sp³-hybridized carbons (Fsp3) is 0.500. The number of amides is 1. The summed E-state index contributed by atoms with van der Waals surface area (Å²) in [6, 6.07) is 7.52. The number of nitrogens with zero attached hydrogens (tertiary/aromatic N) is 1. The third-order valence-electron chi connectivity index (χ3n) is 5.96. The number of aryl methyl sites for hydroxylation is 1. The summed E-state index contributed by atoms with van der Waals surface area (Å²) in [6.07, 6.45) is 5.43. The van der Waals surface area contributed by atoms with Gasteiger partial charge in [-0.25, -0.2) is 4.79 Å². The van der Waals surface area contributed by atoms with Gasteiger partial charge >= 0.3 is 5.97 Å². The number of carbonyl (C=O) groups is 2. The van der Waals surface area contributed by atoms with Crippen molar-refractivity contribution in [1.29, 1.82) is 0 Å². The largest absolute Gasteiger partial charge is 0.496 e. The van der Waals surface area contributed by atoms with Crippen LogP contribution in [0.2, 0.25) is 0 Å². The zero-order chi connectivity index (χ0) is 21.7. The molecule has 30 heavy (non-hydrogen) atoms. The van der Waals surface area contributed by atoms with Crippen LogP contribution in [0.25, 0.3) is 0 Å². The molecule has 0 spiro atoms. The van der Waals surface area contributed by atoms with E-state index >= 15 is 0 Å². The van der Waals surface area contributed by atoms with Crippen LogP contribution in [0.5, 0.6) is 5.75 Å². The summed E-state index contributed by atoms with van der Waals surface area (Å²) in [4.78, 5) is 31.3. The molecule has 1 aliphatic carbocycles. The predicted molar refractivity (Wildman–Crippen MR) is 116 cm³/mol. The van der Waals surface area contributed by atoms with E-state index in [4.69, 9.17) is 9.47 Å². The van der Waals surface area contributed by atoms with Crippen LogP contribution in [-0.4, -0.2) is 41.5 Å². The maximum absolute atomic E-state index is 13.6. The maximum Gasteiger partial charge on any atom is 0.340 e. The van der Waals surface area contributed by atoms with Crippen LogP contribution >= 0.6 is 0 Å². The molecule has 0 aliphatic heterocycles. The molecule has 1 aromatic carbocycles. The molecule has 0 atom stereocenters. The summed E-state index contributed by atoms with van der Waals surface area (Å²) in [5.74, 6) is 0.217. The van der Waals surface area contributed by atoms with Gasteiger partial charge in [-0.05, 0) is 51.3 Å². The molecule has 1 saturated carbocycles. The zero-order valence-corrected chi connectivity index (χ0v) is 18.4. The quantitative estimate of drug-likeness (QED) is 0.664. The number of H-pyrrole nitrogens is 1. The average Bonchev–Trinajstić information content (AvgIpc) is 3.05. The second-order valence-corrected chi connectivity index (χ2v) is 7.87. The van der Waals surface area contributed by atoms with Crippen LogP contribution in [0.3, 0.4) is 0 Å². The molecule has 1 N–H and O–H groups in total. The van der Waals surface area contributed by atoms with Gasteiger partial charge in [0, 0.05) is 17.4 Å². The zero-order valence-electron chi connectivity index (χ0n) is 18.4. The normalized spacial score (nSPS) is 14.4. The van der Waals surface area contributed by atoms with Crippen molar-refractivity contribution in [3.05, 3.63) is 52.3 Å². The van der Waals surface area contributed by atoms with E-state index in [0.29, 0.717) is 30.0 Å². The molecule has 0 saturated heterocycles. The average molecular weight is 413 g/mol. The molecule has 6 nitrogen and oxygen atoms in total. The van der Waals surface area contributed by atoms with Gasteiger partial charge in [0.25, 0.3) is 5.91 Å². The lowest BCUT2D eigenvalue weighted by molar-refractivity contribution is 0.0524. The van der Waals surface area contributed by atoms with Gasteiger partial charge in [-0.2, -0.15) is 0 Å². The minimum Gasteiger partial charge on any atom is -0.496 e. The van der Waals surface area contributed by atoms with Gasteiger partial charge in [0.15, 0.2) is 0 Å². The highest BCUT2D eigenvalue weighted by molar-refractivity contribution is 5.97. The molecule has 0 radical (unpaired) electrons. The number of hydrogen-bond acceptors (Lipinski definition) is 4. The Bertz CT molecular complexity index is 897. The molecular weight excluding hydrogens is 380 g/mol. The molecule has 1 aliphatic rings. The van der Waals surface area contributed by atoms with E-state index in [2.05, 4.69) is 4.98 Å². The summed E-state index contributed by atoms with van der Waals surface area (Å²) < 4.78 is 10.7. The van der Waals surface area contributed by atoms with Crippen LogP contribution in [0.4, 0.5) is 0 Å². The standard InChI is InChI=1S/C24H32N2O4/c1-5-30-24(28)22-16(2)20(25-17(22)3)15-26(18-11-7-6-8-12-18)23(27)19-13-9-10-14-21(19)29-4/h9-10,13-14,18,25H,5-8,11-12,15H2,1-4H3. The van der Waals surface area contributed by atoms with Gasteiger partial charge in [0.2, 0.25) is 0 Å². The van der Waals surface area contributed by atoms with Gasteiger partial charge in [-0.3, -0.25) is 4.79 Å². The highest BCUT2D eigenvalue weighted by Gasteiger charge is 2.30. The minimum absolute atomic E-state index is 0.0383. The lowest BCUT2D eigenvalue weighted by atomic mass is 9.93.